The molecule has 0 spiro atoms. The smallest absolute Gasteiger partial charge is 0.455 e. The van der Waals surface area contributed by atoms with Crippen LogP contribution in [0.15, 0.2) is 63.6 Å². The number of furan rings is 1. The molecule has 2 aromatic rings. The molecule has 1 aromatic heterocycles. The Balaban J connectivity index is 1.18. The quantitative estimate of drug-likeness (QED) is 0.169. The summed E-state index contributed by atoms with van der Waals surface area (Å²) in [5, 5.41) is 20.4. The number of aliphatic hydroxyl groups is 1. The van der Waals surface area contributed by atoms with Crippen molar-refractivity contribution in [2.24, 2.45) is 17.8 Å². The first-order valence-electron chi connectivity index (χ1n) is 17.5. The summed E-state index contributed by atoms with van der Waals surface area (Å²) in [6.45, 7) is 6.79. The molecule has 0 radical (unpaired) electrons. The number of imide groups is 1. The lowest BCUT2D eigenvalue weighted by Gasteiger charge is -2.43. The second-order valence-corrected chi connectivity index (χ2v) is 13.7. The summed E-state index contributed by atoms with van der Waals surface area (Å²) >= 11 is 0. The number of rotatable bonds is 12. The van der Waals surface area contributed by atoms with Gasteiger partial charge in [0, 0.05) is 25.7 Å². The lowest BCUT2D eigenvalue weighted by Crippen LogP contribution is -2.48. The number of allylic oxidation sites excluding steroid dienone is 2. The Bertz CT molecular complexity index is 1430. The van der Waals surface area contributed by atoms with Crippen molar-refractivity contribution in [3.8, 4) is 0 Å². The van der Waals surface area contributed by atoms with E-state index in [9.17, 15) is 19.7 Å². The van der Waals surface area contributed by atoms with Crippen LogP contribution in [0.25, 0.3) is 6.08 Å². The first kappa shape index (κ1) is 32.9. The van der Waals surface area contributed by atoms with E-state index in [4.69, 9.17) is 9.07 Å². The molecular weight excluding hydrogens is 579 g/mol. The fraction of sp³-hybridized carbons (Fsp3) is 0.568. The fourth-order valence-corrected chi connectivity index (χ4v) is 8.53. The summed E-state index contributed by atoms with van der Waals surface area (Å²) < 4.78 is 12.0. The summed E-state index contributed by atoms with van der Waals surface area (Å²) in [4.78, 5) is 32.3. The SMILES string of the molecule is CCCC1=C2[C@@H](CC/C(=C/c3ccc(CO)o3)CCC)OB(O)C[C@@H]2[C@@H]2C(=O)N(C3CCN(Cc4ccccc4)CC3)C(=O)[C@@H]2C1. The van der Waals surface area contributed by atoms with E-state index in [0.717, 1.165) is 70.3 Å². The van der Waals surface area contributed by atoms with Crippen LogP contribution in [0.2, 0.25) is 6.32 Å². The van der Waals surface area contributed by atoms with Crippen LogP contribution in [0.5, 0.6) is 0 Å². The van der Waals surface area contributed by atoms with E-state index in [1.165, 1.54) is 22.3 Å². The zero-order chi connectivity index (χ0) is 32.2. The molecule has 3 aliphatic heterocycles. The number of piperidine rings is 1. The van der Waals surface area contributed by atoms with Crippen LogP contribution in [0.1, 0.15) is 88.7 Å². The van der Waals surface area contributed by atoms with Crippen molar-refractivity contribution in [3.05, 3.63) is 76.3 Å². The van der Waals surface area contributed by atoms with Gasteiger partial charge in [-0.3, -0.25) is 19.4 Å². The Kier molecular flexibility index (Phi) is 10.6. The van der Waals surface area contributed by atoms with E-state index in [2.05, 4.69) is 49.1 Å². The molecule has 2 N–H and O–H groups in total. The van der Waals surface area contributed by atoms with Crippen molar-refractivity contribution in [2.75, 3.05) is 13.1 Å². The van der Waals surface area contributed by atoms with Gasteiger partial charge >= 0.3 is 7.12 Å². The average molecular weight is 629 g/mol. The summed E-state index contributed by atoms with van der Waals surface area (Å²) in [6, 6.07) is 14.1. The number of carbonyl (C=O) groups excluding carboxylic acids is 2. The molecule has 3 fully saturated rings. The molecule has 0 bridgehead atoms. The molecule has 0 unspecified atom stereocenters. The minimum Gasteiger partial charge on any atom is -0.459 e. The number of hydrogen-bond acceptors (Lipinski definition) is 7. The highest BCUT2D eigenvalue weighted by Gasteiger charge is 2.58. The van der Waals surface area contributed by atoms with Crippen LogP contribution >= 0.6 is 0 Å². The predicted octanol–water partition coefficient (Wildman–Crippen LogP) is 6.00. The first-order chi connectivity index (χ1) is 22.4. The highest BCUT2D eigenvalue weighted by molar-refractivity contribution is 6.43. The van der Waals surface area contributed by atoms with Gasteiger partial charge in [0.2, 0.25) is 11.8 Å². The third-order valence-corrected chi connectivity index (χ3v) is 10.5. The van der Waals surface area contributed by atoms with Crippen molar-refractivity contribution in [1.29, 1.82) is 0 Å². The van der Waals surface area contributed by atoms with Gasteiger partial charge in [-0.1, -0.05) is 68.2 Å². The second-order valence-electron chi connectivity index (χ2n) is 13.7. The molecule has 0 saturated carbocycles. The molecule has 2 amide bonds. The Labute approximate surface area is 273 Å². The molecule has 4 heterocycles. The van der Waals surface area contributed by atoms with Crippen molar-refractivity contribution >= 4 is 25.0 Å². The summed E-state index contributed by atoms with van der Waals surface area (Å²) in [6.07, 6.45) is 9.52. The zero-order valence-electron chi connectivity index (χ0n) is 27.4. The lowest BCUT2D eigenvalue weighted by molar-refractivity contribution is -0.144. The van der Waals surface area contributed by atoms with Crippen molar-refractivity contribution in [1.82, 2.24) is 9.80 Å². The second kappa shape index (κ2) is 14.8. The van der Waals surface area contributed by atoms with Crippen molar-refractivity contribution in [3.63, 3.8) is 0 Å². The van der Waals surface area contributed by atoms with Crippen molar-refractivity contribution < 1.29 is 28.8 Å². The van der Waals surface area contributed by atoms with Gasteiger partial charge in [-0.15, -0.1) is 0 Å². The number of amides is 2. The van der Waals surface area contributed by atoms with Gasteiger partial charge in [0.05, 0.1) is 17.9 Å². The molecule has 4 atom stereocenters. The van der Waals surface area contributed by atoms with E-state index in [0.29, 0.717) is 24.9 Å². The van der Waals surface area contributed by atoms with Gasteiger partial charge in [0.1, 0.15) is 18.1 Å². The van der Waals surface area contributed by atoms with Crippen LogP contribution in [-0.4, -0.2) is 64.1 Å². The number of fused-ring (bicyclic) bond motifs is 3. The third kappa shape index (κ3) is 6.98. The Morgan fingerprint density at radius 1 is 1.00 bits per heavy atom. The van der Waals surface area contributed by atoms with E-state index >= 15 is 0 Å². The maximum atomic E-state index is 14.2. The highest BCUT2D eigenvalue weighted by atomic mass is 16.5. The molecule has 246 valence electrons. The molecule has 1 aliphatic carbocycles. The van der Waals surface area contributed by atoms with E-state index < -0.39 is 13.0 Å². The monoisotopic (exact) mass is 628 g/mol. The minimum atomic E-state index is -0.964. The van der Waals surface area contributed by atoms with Gasteiger partial charge in [0.25, 0.3) is 0 Å². The van der Waals surface area contributed by atoms with Crippen LogP contribution in [-0.2, 0) is 27.4 Å². The Morgan fingerprint density at radius 2 is 1.78 bits per heavy atom. The van der Waals surface area contributed by atoms with Gasteiger partial charge in [-0.2, -0.15) is 0 Å². The zero-order valence-corrected chi connectivity index (χ0v) is 27.4. The van der Waals surface area contributed by atoms with Crippen LogP contribution in [0.4, 0.5) is 0 Å². The van der Waals surface area contributed by atoms with Gasteiger partial charge in [-0.05, 0) is 86.5 Å². The summed E-state index contributed by atoms with van der Waals surface area (Å²) in [5.74, 6) is 0.287. The maximum absolute atomic E-state index is 14.2. The van der Waals surface area contributed by atoms with Crippen LogP contribution in [0.3, 0.4) is 0 Å². The van der Waals surface area contributed by atoms with Crippen LogP contribution < -0.4 is 0 Å². The number of nitrogens with zero attached hydrogens (tertiary/aromatic N) is 2. The number of hydrogen-bond donors (Lipinski definition) is 2. The molecule has 1 aromatic carbocycles. The van der Waals surface area contributed by atoms with Gasteiger partial charge in [0.15, 0.2) is 0 Å². The molecule has 46 heavy (non-hydrogen) atoms. The van der Waals surface area contributed by atoms with E-state index in [1.807, 2.05) is 12.1 Å². The van der Waals surface area contributed by atoms with E-state index in [-0.39, 0.29) is 42.4 Å². The van der Waals surface area contributed by atoms with Gasteiger partial charge in [-0.25, -0.2) is 0 Å². The Hall–Kier alpha value is -2.98. The molecule has 8 nitrogen and oxygen atoms in total. The lowest BCUT2D eigenvalue weighted by atomic mass is 9.58. The molecule has 4 aliphatic rings. The molecular formula is C37H49BN2O6. The topological polar surface area (TPSA) is 103 Å². The summed E-state index contributed by atoms with van der Waals surface area (Å²) in [5.41, 5.74) is 4.94. The van der Waals surface area contributed by atoms with Gasteiger partial charge < -0.3 is 19.2 Å². The standard InChI is InChI=1S/C37H49BN2O6/c1-3-8-25(20-29-13-14-30(24-41)45-29)12-15-33-34-27(9-4-2)21-31-35(32(34)22-38(44)46-33)37(43)40(36(31)42)28-16-18-39(19-17-28)23-26-10-6-5-7-11-26/h5-7,10-11,13-14,20,28,31-33,35,41,44H,3-4,8-9,12,15-19,21-24H2,1-2H3/b25-20+/t31-,32+,33-,35-/m1/s1. The maximum Gasteiger partial charge on any atom is 0.455 e. The molecule has 3 saturated heterocycles. The number of likely N-dealkylation sites (tertiary alicyclic amines) is 2. The number of aliphatic hydroxyl groups excluding tert-OH is 1. The number of benzene rings is 1. The number of carbonyl (C=O) groups is 2. The molecule has 6 rings (SSSR count). The molecule has 9 heteroatoms. The normalized spacial score (nSPS) is 26.2. The summed E-state index contributed by atoms with van der Waals surface area (Å²) in [7, 11) is -0.964. The average Bonchev–Trinajstić information content (AvgIpc) is 3.61. The predicted molar refractivity (Wildman–Crippen MR) is 178 cm³/mol. The minimum absolute atomic E-state index is 0.00411. The largest absolute Gasteiger partial charge is 0.459 e. The first-order valence-corrected chi connectivity index (χ1v) is 17.5. The van der Waals surface area contributed by atoms with Crippen LogP contribution in [0, 0.1) is 17.8 Å². The fourth-order valence-electron chi connectivity index (χ4n) is 8.53. The van der Waals surface area contributed by atoms with Crippen molar-refractivity contribution in [2.45, 2.75) is 103 Å². The highest BCUT2D eigenvalue weighted by Crippen LogP contribution is 2.52. The van der Waals surface area contributed by atoms with E-state index in [1.54, 1.807) is 11.0 Å². The third-order valence-electron chi connectivity index (χ3n) is 10.5. The Morgan fingerprint density at radius 3 is 2.48 bits per heavy atom.